The van der Waals surface area contributed by atoms with E-state index < -0.39 is 9.84 Å². The van der Waals surface area contributed by atoms with Crippen molar-refractivity contribution in [2.24, 2.45) is 0 Å². The van der Waals surface area contributed by atoms with Crippen LogP contribution in [0.4, 0.5) is 5.69 Å². The van der Waals surface area contributed by atoms with Gasteiger partial charge in [0.1, 0.15) is 0 Å². The van der Waals surface area contributed by atoms with Crippen LogP contribution in [0.1, 0.15) is 25.8 Å². The van der Waals surface area contributed by atoms with Gasteiger partial charge in [-0.25, -0.2) is 8.42 Å². The van der Waals surface area contributed by atoms with E-state index in [1.807, 2.05) is 13.0 Å². The molecule has 1 aromatic carbocycles. The van der Waals surface area contributed by atoms with Crippen molar-refractivity contribution in [1.29, 1.82) is 0 Å². The zero-order valence-corrected chi connectivity index (χ0v) is 11.9. The second-order valence-electron chi connectivity index (χ2n) is 4.74. The van der Waals surface area contributed by atoms with Crippen molar-refractivity contribution < 1.29 is 8.42 Å². The quantitative estimate of drug-likeness (QED) is 0.872. The van der Waals surface area contributed by atoms with Crippen LogP contribution in [-0.4, -0.2) is 18.7 Å². The molecule has 0 aliphatic heterocycles. The van der Waals surface area contributed by atoms with Crippen LogP contribution in [0.25, 0.3) is 10.9 Å². The van der Waals surface area contributed by atoms with Crippen molar-refractivity contribution in [3.05, 3.63) is 36.0 Å². The number of rotatable bonds is 4. The number of nitrogens with two attached hydrogens (primary N) is 1. The van der Waals surface area contributed by atoms with E-state index in [4.69, 9.17) is 5.73 Å². The average Bonchev–Trinajstić information content (AvgIpc) is 2.41. The summed E-state index contributed by atoms with van der Waals surface area (Å²) in [6.07, 6.45) is 2.27. The van der Waals surface area contributed by atoms with Gasteiger partial charge in [-0.05, 0) is 37.1 Å². The molecule has 4 nitrogen and oxygen atoms in total. The van der Waals surface area contributed by atoms with Crippen molar-refractivity contribution in [2.75, 3.05) is 5.73 Å². The number of hydrogen-bond donors (Lipinski definition) is 1. The predicted octanol–water partition coefficient (Wildman–Crippen LogP) is 2.53. The summed E-state index contributed by atoms with van der Waals surface area (Å²) in [5.74, 6) is 0.00972. The first-order valence-corrected chi connectivity index (χ1v) is 8.01. The minimum absolute atomic E-state index is 0.00972. The summed E-state index contributed by atoms with van der Waals surface area (Å²) >= 11 is 0. The Hall–Kier alpha value is -1.62. The molecule has 0 aliphatic carbocycles. The second kappa shape index (κ2) is 5.17. The third-order valence-electron chi connectivity index (χ3n) is 3.43. The van der Waals surface area contributed by atoms with Gasteiger partial charge in [0, 0.05) is 17.3 Å². The van der Waals surface area contributed by atoms with E-state index in [-0.39, 0.29) is 11.0 Å². The Morgan fingerprint density at radius 2 is 2.05 bits per heavy atom. The lowest BCUT2D eigenvalue weighted by molar-refractivity contribution is 0.580. The number of fused-ring (bicyclic) bond motifs is 1. The standard InChI is InChI=1S/C14H18N2O2S/c1-3-10(2)19(17,18)9-11-6-7-13(15)12-5-4-8-16-14(11)12/h4-8,10H,3,9,15H2,1-2H3. The molecule has 0 amide bonds. The first kappa shape index (κ1) is 13.8. The lowest BCUT2D eigenvalue weighted by Gasteiger charge is -2.12. The van der Waals surface area contributed by atoms with E-state index in [1.165, 1.54) is 0 Å². The molecule has 1 heterocycles. The van der Waals surface area contributed by atoms with Crippen molar-refractivity contribution in [2.45, 2.75) is 31.3 Å². The lowest BCUT2D eigenvalue weighted by atomic mass is 10.1. The van der Waals surface area contributed by atoms with Crippen molar-refractivity contribution in [3.63, 3.8) is 0 Å². The zero-order chi connectivity index (χ0) is 14.0. The van der Waals surface area contributed by atoms with Crippen LogP contribution in [0.2, 0.25) is 0 Å². The highest BCUT2D eigenvalue weighted by Crippen LogP contribution is 2.25. The van der Waals surface area contributed by atoms with Gasteiger partial charge in [0.15, 0.2) is 9.84 Å². The Labute approximate surface area is 113 Å². The fourth-order valence-electron chi connectivity index (χ4n) is 1.98. The minimum Gasteiger partial charge on any atom is -0.398 e. The van der Waals surface area contributed by atoms with E-state index >= 15 is 0 Å². The maximum absolute atomic E-state index is 12.2. The van der Waals surface area contributed by atoms with Crippen LogP contribution in [0.5, 0.6) is 0 Å². The minimum atomic E-state index is -3.15. The van der Waals surface area contributed by atoms with Crippen LogP contribution in [0.3, 0.4) is 0 Å². The van der Waals surface area contributed by atoms with Crippen LogP contribution in [0.15, 0.2) is 30.5 Å². The number of nitrogen functional groups attached to an aromatic ring is 1. The van der Waals surface area contributed by atoms with Gasteiger partial charge in [-0.2, -0.15) is 0 Å². The third kappa shape index (κ3) is 2.71. The lowest BCUT2D eigenvalue weighted by Crippen LogP contribution is -2.19. The van der Waals surface area contributed by atoms with E-state index in [1.54, 1.807) is 31.3 Å². The van der Waals surface area contributed by atoms with Crippen molar-refractivity contribution >= 4 is 26.4 Å². The second-order valence-corrected chi connectivity index (χ2v) is 7.16. The van der Waals surface area contributed by atoms with Gasteiger partial charge in [0.2, 0.25) is 0 Å². The van der Waals surface area contributed by atoms with E-state index in [0.717, 1.165) is 5.39 Å². The molecule has 1 atom stereocenters. The van der Waals surface area contributed by atoms with Crippen molar-refractivity contribution in [3.8, 4) is 0 Å². The molecule has 2 aromatic rings. The van der Waals surface area contributed by atoms with E-state index in [0.29, 0.717) is 23.2 Å². The highest BCUT2D eigenvalue weighted by Gasteiger charge is 2.21. The highest BCUT2D eigenvalue weighted by atomic mass is 32.2. The summed E-state index contributed by atoms with van der Waals surface area (Å²) in [7, 11) is -3.15. The number of benzene rings is 1. The molecule has 2 rings (SSSR count). The number of hydrogen-bond acceptors (Lipinski definition) is 4. The molecular formula is C14H18N2O2S. The molecule has 0 saturated heterocycles. The van der Waals surface area contributed by atoms with Gasteiger partial charge < -0.3 is 5.73 Å². The van der Waals surface area contributed by atoms with Gasteiger partial charge in [-0.15, -0.1) is 0 Å². The number of aromatic nitrogens is 1. The summed E-state index contributed by atoms with van der Waals surface area (Å²) in [4.78, 5) is 4.27. The van der Waals surface area contributed by atoms with Crippen molar-refractivity contribution in [1.82, 2.24) is 4.98 Å². The Bertz CT molecular complexity index is 696. The third-order valence-corrected chi connectivity index (χ3v) is 5.70. The molecular weight excluding hydrogens is 260 g/mol. The SMILES string of the molecule is CCC(C)S(=O)(=O)Cc1ccc(N)c2cccnc12. The Kier molecular flexibility index (Phi) is 3.75. The molecule has 102 valence electrons. The molecule has 1 aromatic heterocycles. The van der Waals surface area contributed by atoms with Crippen LogP contribution < -0.4 is 5.73 Å². The molecule has 19 heavy (non-hydrogen) atoms. The van der Waals surface area contributed by atoms with Gasteiger partial charge in [0.05, 0.1) is 16.5 Å². The van der Waals surface area contributed by atoms with Crippen LogP contribution >= 0.6 is 0 Å². The fourth-order valence-corrected chi connectivity index (χ4v) is 3.44. The molecule has 0 aliphatic rings. The van der Waals surface area contributed by atoms with E-state index in [9.17, 15) is 8.42 Å². The molecule has 2 N–H and O–H groups in total. The molecule has 5 heteroatoms. The Balaban J connectivity index is 2.51. The van der Waals surface area contributed by atoms with Gasteiger partial charge in [-0.1, -0.05) is 13.0 Å². The zero-order valence-electron chi connectivity index (χ0n) is 11.1. The summed E-state index contributed by atoms with van der Waals surface area (Å²) in [6, 6.07) is 7.15. The van der Waals surface area contributed by atoms with Gasteiger partial charge in [0.25, 0.3) is 0 Å². The Morgan fingerprint density at radius 1 is 1.32 bits per heavy atom. The number of pyridine rings is 1. The smallest absolute Gasteiger partial charge is 0.157 e. The van der Waals surface area contributed by atoms with Gasteiger partial charge >= 0.3 is 0 Å². The van der Waals surface area contributed by atoms with Crippen LogP contribution in [0, 0.1) is 0 Å². The number of sulfone groups is 1. The molecule has 0 saturated carbocycles. The maximum atomic E-state index is 12.2. The molecule has 0 fully saturated rings. The normalized spacial score (nSPS) is 13.6. The first-order valence-electron chi connectivity index (χ1n) is 6.29. The highest BCUT2D eigenvalue weighted by molar-refractivity contribution is 7.91. The summed E-state index contributed by atoms with van der Waals surface area (Å²) < 4.78 is 24.4. The topological polar surface area (TPSA) is 73.0 Å². The summed E-state index contributed by atoms with van der Waals surface area (Å²) in [5.41, 5.74) is 7.89. The number of anilines is 1. The predicted molar refractivity (Wildman–Crippen MR) is 78.5 cm³/mol. The number of nitrogens with zero attached hydrogens (tertiary/aromatic N) is 1. The summed E-state index contributed by atoms with van der Waals surface area (Å²) in [6.45, 7) is 3.61. The molecule has 0 spiro atoms. The van der Waals surface area contributed by atoms with Crippen LogP contribution in [-0.2, 0) is 15.6 Å². The van der Waals surface area contributed by atoms with E-state index in [2.05, 4.69) is 4.98 Å². The maximum Gasteiger partial charge on any atom is 0.157 e. The summed E-state index contributed by atoms with van der Waals surface area (Å²) in [5, 5.41) is 0.461. The monoisotopic (exact) mass is 278 g/mol. The largest absolute Gasteiger partial charge is 0.398 e. The fraction of sp³-hybridized carbons (Fsp3) is 0.357. The molecule has 0 bridgehead atoms. The average molecular weight is 278 g/mol. The molecule has 0 radical (unpaired) electrons. The van der Waals surface area contributed by atoms with Gasteiger partial charge in [-0.3, -0.25) is 4.98 Å². The first-order chi connectivity index (χ1) is 8.95. The molecule has 1 unspecified atom stereocenters. The Morgan fingerprint density at radius 3 is 2.74 bits per heavy atom.